The number of amides is 1. The summed E-state index contributed by atoms with van der Waals surface area (Å²) in [5.41, 5.74) is 5.84. The quantitative estimate of drug-likeness (QED) is 0.896. The van der Waals surface area contributed by atoms with E-state index in [-0.39, 0.29) is 29.5 Å². The van der Waals surface area contributed by atoms with Crippen molar-refractivity contribution in [1.82, 2.24) is 14.5 Å². The van der Waals surface area contributed by atoms with Gasteiger partial charge >= 0.3 is 0 Å². The zero-order chi connectivity index (χ0) is 15.9. The van der Waals surface area contributed by atoms with Crippen LogP contribution in [-0.2, 0) is 11.3 Å². The molecule has 1 atom stereocenters. The Balaban J connectivity index is 1.79. The maximum Gasteiger partial charge on any atom is 0.262 e. The Morgan fingerprint density at radius 2 is 2.32 bits per heavy atom. The minimum atomic E-state index is -0.160. The highest BCUT2D eigenvalue weighted by Crippen LogP contribution is 2.27. The molecule has 0 spiro atoms. The van der Waals surface area contributed by atoms with Crippen LogP contribution in [0.2, 0.25) is 0 Å². The van der Waals surface area contributed by atoms with Crippen molar-refractivity contribution in [2.45, 2.75) is 32.9 Å². The molecule has 2 aromatic rings. The summed E-state index contributed by atoms with van der Waals surface area (Å²) in [4.78, 5) is 31.6. The highest BCUT2D eigenvalue weighted by molar-refractivity contribution is 7.16. The minimum Gasteiger partial charge on any atom is -0.340 e. The summed E-state index contributed by atoms with van der Waals surface area (Å²) >= 11 is 1.42. The predicted molar refractivity (Wildman–Crippen MR) is 86.8 cm³/mol. The second kappa shape index (κ2) is 5.48. The molecule has 118 valence electrons. The molecule has 2 N–H and O–H groups in total. The Bertz CT molecular complexity index is 764. The number of carbonyl (C=O) groups excluding carboxylic acids is 1. The number of hydrogen-bond donors (Lipinski definition) is 1. The first-order chi connectivity index (χ1) is 10.4. The van der Waals surface area contributed by atoms with E-state index < -0.39 is 0 Å². The van der Waals surface area contributed by atoms with Gasteiger partial charge in [-0.2, -0.15) is 0 Å². The summed E-state index contributed by atoms with van der Waals surface area (Å²) in [7, 11) is 0. The predicted octanol–water partition coefficient (Wildman–Crippen LogP) is 1.04. The lowest BCUT2D eigenvalue weighted by Crippen LogP contribution is -2.54. The van der Waals surface area contributed by atoms with E-state index in [1.165, 1.54) is 22.2 Å². The molecule has 2 aromatic heterocycles. The average Bonchev–Trinajstić information content (AvgIpc) is 2.94. The number of likely N-dealkylation sites (tertiary alicyclic amines) is 1. The van der Waals surface area contributed by atoms with Crippen LogP contribution in [0.4, 0.5) is 0 Å². The maximum absolute atomic E-state index is 12.5. The number of nitrogens with two attached hydrogens (primary N) is 1. The number of aromatic nitrogens is 2. The number of nitrogens with zero attached hydrogens (tertiary/aromatic N) is 3. The van der Waals surface area contributed by atoms with Gasteiger partial charge in [0.1, 0.15) is 11.4 Å². The lowest BCUT2D eigenvalue weighted by atomic mass is 9.79. The van der Waals surface area contributed by atoms with Crippen molar-refractivity contribution in [2.24, 2.45) is 11.1 Å². The van der Waals surface area contributed by atoms with Crippen LogP contribution in [0.15, 0.2) is 22.6 Å². The fraction of sp³-hybridized carbons (Fsp3) is 0.533. The lowest BCUT2D eigenvalue weighted by molar-refractivity contribution is -0.135. The number of hydrogen-bond acceptors (Lipinski definition) is 5. The summed E-state index contributed by atoms with van der Waals surface area (Å²) in [6.45, 7) is 5.44. The average molecular weight is 320 g/mol. The molecule has 22 heavy (non-hydrogen) atoms. The van der Waals surface area contributed by atoms with E-state index in [0.717, 1.165) is 6.42 Å². The molecular formula is C15H20N4O2S. The van der Waals surface area contributed by atoms with Gasteiger partial charge in [0.2, 0.25) is 5.91 Å². The van der Waals surface area contributed by atoms with E-state index in [9.17, 15) is 9.59 Å². The van der Waals surface area contributed by atoms with Crippen LogP contribution in [-0.4, -0.2) is 39.5 Å². The van der Waals surface area contributed by atoms with E-state index in [1.807, 2.05) is 5.38 Å². The van der Waals surface area contributed by atoms with Crippen LogP contribution < -0.4 is 11.3 Å². The van der Waals surface area contributed by atoms with Crippen molar-refractivity contribution >= 4 is 27.5 Å². The standard InChI is InChI=1S/C15H20N4O2S/c1-15(2)8-18(5-3-11(15)16)12(20)7-19-9-17-13-10(14(19)21)4-6-22-13/h4,6,9,11H,3,5,7-8,16H2,1-2H3. The minimum absolute atomic E-state index is 0.0307. The van der Waals surface area contributed by atoms with Gasteiger partial charge in [-0.3, -0.25) is 14.2 Å². The van der Waals surface area contributed by atoms with Gasteiger partial charge in [-0.15, -0.1) is 11.3 Å². The summed E-state index contributed by atoms with van der Waals surface area (Å²) in [6.07, 6.45) is 2.25. The van der Waals surface area contributed by atoms with Gasteiger partial charge in [-0.1, -0.05) is 13.8 Å². The van der Waals surface area contributed by atoms with Crippen molar-refractivity contribution in [3.8, 4) is 0 Å². The molecule has 6 nitrogen and oxygen atoms in total. The summed E-state index contributed by atoms with van der Waals surface area (Å²) < 4.78 is 1.39. The Morgan fingerprint density at radius 1 is 1.55 bits per heavy atom. The van der Waals surface area contributed by atoms with Crippen molar-refractivity contribution < 1.29 is 4.79 Å². The molecule has 1 aliphatic heterocycles. The van der Waals surface area contributed by atoms with Gasteiger partial charge in [-0.25, -0.2) is 4.98 Å². The molecule has 1 saturated heterocycles. The van der Waals surface area contributed by atoms with Crippen LogP contribution in [0.3, 0.4) is 0 Å². The van der Waals surface area contributed by atoms with Gasteiger partial charge in [0, 0.05) is 19.1 Å². The molecule has 0 aromatic carbocycles. The monoisotopic (exact) mass is 320 g/mol. The third kappa shape index (κ3) is 2.66. The topological polar surface area (TPSA) is 81.2 Å². The molecule has 0 bridgehead atoms. The first-order valence-electron chi connectivity index (χ1n) is 7.34. The normalized spacial score (nSPS) is 21.2. The van der Waals surface area contributed by atoms with E-state index in [0.29, 0.717) is 23.3 Å². The molecule has 0 radical (unpaired) electrons. The Labute approximate surface area is 132 Å². The van der Waals surface area contributed by atoms with Crippen LogP contribution in [0, 0.1) is 5.41 Å². The third-order valence-corrected chi connectivity index (χ3v) is 5.24. The first kappa shape index (κ1) is 15.2. The SMILES string of the molecule is CC1(C)CN(C(=O)Cn2cnc3sccc3c2=O)CCC1N. The summed E-state index contributed by atoms with van der Waals surface area (Å²) in [5.74, 6) is -0.0570. The van der Waals surface area contributed by atoms with Crippen LogP contribution in [0.5, 0.6) is 0 Å². The summed E-state index contributed by atoms with van der Waals surface area (Å²) in [6, 6.07) is 1.85. The number of carbonyl (C=O) groups is 1. The number of piperidine rings is 1. The number of thiophene rings is 1. The van der Waals surface area contributed by atoms with Crippen LogP contribution in [0.1, 0.15) is 20.3 Å². The smallest absolute Gasteiger partial charge is 0.262 e. The molecule has 1 amide bonds. The Hall–Kier alpha value is -1.73. The van der Waals surface area contributed by atoms with E-state index in [4.69, 9.17) is 5.73 Å². The Morgan fingerprint density at radius 3 is 3.05 bits per heavy atom. The van der Waals surface area contributed by atoms with Crippen molar-refractivity contribution in [3.63, 3.8) is 0 Å². The fourth-order valence-electron chi connectivity index (χ4n) is 2.84. The first-order valence-corrected chi connectivity index (χ1v) is 8.22. The zero-order valence-corrected chi connectivity index (χ0v) is 13.6. The highest BCUT2D eigenvalue weighted by Gasteiger charge is 2.35. The molecule has 1 unspecified atom stereocenters. The van der Waals surface area contributed by atoms with Gasteiger partial charge in [0.25, 0.3) is 5.56 Å². The molecule has 1 aliphatic rings. The van der Waals surface area contributed by atoms with Gasteiger partial charge < -0.3 is 10.6 Å². The van der Waals surface area contributed by atoms with E-state index in [2.05, 4.69) is 18.8 Å². The zero-order valence-electron chi connectivity index (χ0n) is 12.8. The van der Waals surface area contributed by atoms with Crippen LogP contribution in [0.25, 0.3) is 10.2 Å². The second-order valence-electron chi connectivity index (χ2n) is 6.52. The second-order valence-corrected chi connectivity index (χ2v) is 7.41. The molecule has 7 heteroatoms. The van der Waals surface area contributed by atoms with Crippen molar-refractivity contribution in [2.75, 3.05) is 13.1 Å². The molecule has 0 aliphatic carbocycles. The van der Waals surface area contributed by atoms with Crippen molar-refractivity contribution in [3.05, 3.63) is 28.1 Å². The van der Waals surface area contributed by atoms with E-state index in [1.54, 1.807) is 11.0 Å². The molecule has 3 rings (SSSR count). The van der Waals surface area contributed by atoms with Crippen molar-refractivity contribution in [1.29, 1.82) is 0 Å². The van der Waals surface area contributed by atoms with E-state index >= 15 is 0 Å². The maximum atomic E-state index is 12.5. The largest absolute Gasteiger partial charge is 0.340 e. The van der Waals surface area contributed by atoms with Gasteiger partial charge in [-0.05, 0) is 23.3 Å². The fourth-order valence-corrected chi connectivity index (χ4v) is 3.56. The highest BCUT2D eigenvalue weighted by atomic mass is 32.1. The number of fused-ring (bicyclic) bond motifs is 1. The van der Waals surface area contributed by atoms with Gasteiger partial charge in [0.05, 0.1) is 11.7 Å². The molecule has 0 saturated carbocycles. The Kier molecular flexibility index (Phi) is 3.78. The number of rotatable bonds is 2. The summed E-state index contributed by atoms with van der Waals surface area (Å²) in [5, 5.41) is 2.40. The molecule has 1 fully saturated rings. The van der Waals surface area contributed by atoms with Gasteiger partial charge in [0.15, 0.2) is 0 Å². The third-order valence-electron chi connectivity index (χ3n) is 4.42. The lowest BCUT2D eigenvalue weighted by Gasteiger charge is -2.42. The van der Waals surface area contributed by atoms with Crippen LogP contribution >= 0.6 is 11.3 Å². The molecular weight excluding hydrogens is 300 g/mol. The molecule has 3 heterocycles.